The second-order valence-corrected chi connectivity index (χ2v) is 6.87. The number of nitrogens with zero attached hydrogens (tertiary/aromatic N) is 1. The molecule has 0 unspecified atom stereocenters. The number of thiazole rings is 1. The number of aryl methyl sites for hydroxylation is 2. The topological polar surface area (TPSA) is 71.1 Å². The van der Waals surface area contributed by atoms with Crippen LogP contribution >= 0.6 is 22.9 Å². The van der Waals surface area contributed by atoms with Gasteiger partial charge in [-0.25, -0.2) is 4.98 Å². The molecule has 1 heterocycles. The van der Waals surface area contributed by atoms with E-state index in [9.17, 15) is 9.59 Å². The van der Waals surface area contributed by atoms with Crippen molar-refractivity contribution in [1.29, 1.82) is 0 Å². The Morgan fingerprint density at radius 2 is 1.91 bits per heavy atom. The predicted molar refractivity (Wildman–Crippen MR) is 94.5 cm³/mol. The molecule has 0 fully saturated rings. The summed E-state index contributed by atoms with van der Waals surface area (Å²) < 4.78 is 0. The van der Waals surface area contributed by atoms with Gasteiger partial charge < -0.3 is 10.6 Å². The fourth-order valence-corrected chi connectivity index (χ4v) is 3.00. The number of nitrogens with one attached hydrogen (secondary N) is 2. The summed E-state index contributed by atoms with van der Waals surface area (Å²) in [6.45, 7) is 7.19. The minimum Gasteiger partial charge on any atom is -0.320 e. The average molecular weight is 352 g/mol. The van der Waals surface area contributed by atoms with E-state index >= 15 is 0 Å². The highest BCUT2D eigenvalue weighted by Crippen LogP contribution is 2.28. The Morgan fingerprint density at radius 1 is 1.22 bits per heavy atom. The van der Waals surface area contributed by atoms with Crippen molar-refractivity contribution in [3.05, 3.63) is 39.4 Å². The van der Waals surface area contributed by atoms with E-state index < -0.39 is 0 Å². The Labute approximate surface area is 144 Å². The Morgan fingerprint density at radius 3 is 2.52 bits per heavy atom. The molecule has 0 aliphatic carbocycles. The monoisotopic (exact) mass is 351 g/mol. The molecule has 0 aliphatic heterocycles. The van der Waals surface area contributed by atoms with Gasteiger partial charge in [-0.2, -0.15) is 0 Å². The lowest BCUT2D eigenvalue weighted by Gasteiger charge is -2.09. The lowest BCUT2D eigenvalue weighted by molar-refractivity contribution is -0.118. The third-order valence-corrected chi connectivity index (χ3v) is 4.60. The summed E-state index contributed by atoms with van der Waals surface area (Å²) in [5.41, 5.74) is 2.03. The number of anilines is 2. The Balaban J connectivity index is 2.20. The number of halogens is 1. The SMILES string of the molecule is Cc1cccc(Cl)c1NC(=O)c1sc(NC(=O)C(C)C)nc1C. The maximum atomic E-state index is 12.5. The Hall–Kier alpha value is -1.92. The van der Waals surface area contributed by atoms with E-state index in [4.69, 9.17) is 11.6 Å². The minimum atomic E-state index is -0.291. The third kappa shape index (κ3) is 4.09. The molecule has 23 heavy (non-hydrogen) atoms. The zero-order valence-electron chi connectivity index (χ0n) is 13.4. The van der Waals surface area contributed by atoms with E-state index in [-0.39, 0.29) is 17.7 Å². The summed E-state index contributed by atoms with van der Waals surface area (Å²) in [6, 6.07) is 5.41. The van der Waals surface area contributed by atoms with E-state index in [1.54, 1.807) is 26.8 Å². The molecule has 5 nitrogen and oxygen atoms in total. The largest absolute Gasteiger partial charge is 0.320 e. The molecule has 0 spiro atoms. The summed E-state index contributed by atoms with van der Waals surface area (Å²) in [7, 11) is 0. The molecule has 0 saturated heterocycles. The van der Waals surface area contributed by atoms with Crippen molar-refractivity contribution >= 4 is 45.6 Å². The molecule has 2 rings (SSSR count). The Kier molecular flexibility index (Phi) is 5.38. The molecule has 122 valence electrons. The number of benzene rings is 1. The molecule has 2 amide bonds. The van der Waals surface area contributed by atoms with Crippen molar-refractivity contribution in [3.8, 4) is 0 Å². The van der Waals surface area contributed by atoms with Crippen LogP contribution in [-0.4, -0.2) is 16.8 Å². The van der Waals surface area contributed by atoms with Crippen LogP contribution in [0.15, 0.2) is 18.2 Å². The highest BCUT2D eigenvalue weighted by molar-refractivity contribution is 7.17. The fraction of sp³-hybridized carbons (Fsp3) is 0.312. The molecule has 0 radical (unpaired) electrons. The van der Waals surface area contributed by atoms with Crippen LogP contribution in [0.1, 0.15) is 34.8 Å². The molecule has 7 heteroatoms. The summed E-state index contributed by atoms with van der Waals surface area (Å²) in [5.74, 6) is -0.573. The number of carbonyl (C=O) groups excluding carboxylic acids is 2. The van der Waals surface area contributed by atoms with Gasteiger partial charge in [0.25, 0.3) is 5.91 Å². The Bertz CT molecular complexity index is 736. The molecule has 0 atom stereocenters. The number of hydrogen-bond acceptors (Lipinski definition) is 4. The zero-order chi connectivity index (χ0) is 17.1. The maximum absolute atomic E-state index is 12.5. The van der Waals surface area contributed by atoms with Gasteiger partial charge in [-0.3, -0.25) is 9.59 Å². The molecule has 2 aromatic rings. The first kappa shape index (κ1) is 17.4. The van der Waals surface area contributed by atoms with Gasteiger partial charge in [-0.05, 0) is 25.5 Å². The maximum Gasteiger partial charge on any atom is 0.267 e. The zero-order valence-corrected chi connectivity index (χ0v) is 14.9. The first-order valence-electron chi connectivity index (χ1n) is 7.14. The van der Waals surface area contributed by atoms with Crippen molar-refractivity contribution < 1.29 is 9.59 Å². The number of hydrogen-bond donors (Lipinski definition) is 2. The van der Waals surface area contributed by atoms with Gasteiger partial charge in [0.2, 0.25) is 5.91 Å². The number of carbonyl (C=O) groups is 2. The van der Waals surface area contributed by atoms with Gasteiger partial charge in [0.05, 0.1) is 16.4 Å². The molecule has 0 aliphatic rings. The highest BCUT2D eigenvalue weighted by Gasteiger charge is 2.19. The van der Waals surface area contributed by atoms with E-state index in [1.165, 1.54) is 0 Å². The second kappa shape index (κ2) is 7.10. The fourth-order valence-electron chi connectivity index (χ4n) is 1.87. The van der Waals surface area contributed by atoms with Gasteiger partial charge in [0, 0.05) is 5.92 Å². The number of rotatable bonds is 4. The van der Waals surface area contributed by atoms with Crippen LogP contribution in [-0.2, 0) is 4.79 Å². The minimum absolute atomic E-state index is 0.132. The van der Waals surface area contributed by atoms with Crippen LogP contribution in [0, 0.1) is 19.8 Å². The summed E-state index contributed by atoms with van der Waals surface area (Å²) in [6.07, 6.45) is 0. The average Bonchev–Trinajstić information content (AvgIpc) is 2.83. The molecule has 0 bridgehead atoms. The van der Waals surface area contributed by atoms with E-state index in [0.717, 1.165) is 16.9 Å². The van der Waals surface area contributed by atoms with Gasteiger partial charge in [0.15, 0.2) is 5.13 Å². The molecule has 2 N–H and O–H groups in total. The number of para-hydroxylation sites is 1. The van der Waals surface area contributed by atoms with Crippen molar-refractivity contribution in [2.75, 3.05) is 10.6 Å². The highest BCUT2D eigenvalue weighted by atomic mass is 35.5. The van der Waals surface area contributed by atoms with Crippen LogP contribution in [0.2, 0.25) is 5.02 Å². The van der Waals surface area contributed by atoms with Gasteiger partial charge >= 0.3 is 0 Å². The predicted octanol–water partition coefficient (Wildman–Crippen LogP) is 4.26. The van der Waals surface area contributed by atoms with Gasteiger partial charge in [0.1, 0.15) is 4.88 Å². The quantitative estimate of drug-likeness (QED) is 0.864. The lowest BCUT2D eigenvalue weighted by Crippen LogP contribution is -2.17. The molecule has 1 aromatic carbocycles. The number of amides is 2. The summed E-state index contributed by atoms with van der Waals surface area (Å²) in [5, 5.41) is 6.42. The van der Waals surface area contributed by atoms with Crippen molar-refractivity contribution in [1.82, 2.24) is 4.98 Å². The molecule has 1 aromatic heterocycles. The molecular weight excluding hydrogens is 334 g/mol. The van der Waals surface area contributed by atoms with Crippen molar-refractivity contribution in [3.63, 3.8) is 0 Å². The summed E-state index contributed by atoms with van der Waals surface area (Å²) >= 11 is 7.27. The first-order valence-corrected chi connectivity index (χ1v) is 8.33. The molecular formula is C16H18ClN3O2S. The van der Waals surface area contributed by atoms with E-state index in [0.29, 0.717) is 26.4 Å². The van der Waals surface area contributed by atoms with Crippen LogP contribution in [0.5, 0.6) is 0 Å². The van der Waals surface area contributed by atoms with Crippen molar-refractivity contribution in [2.45, 2.75) is 27.7 Å². The first-order chi connectivity index (χ1) is 10.8. The van der Waals surface area contributed by atoms with Crippen LogP contribution in [0.3, 0.4) is 0 Å². The summed E-state index contributed by atoms with van der Waals surface area (Å²) in [4.78, 5) is 28.9. The third-order valence-electron chi connectivity index (χ3n) is 3.22. The van der Waals surface area contributed by atoms with Crippen molar-refractivity contribution in [2.24, 2.45) is 5.92 Å². The molecule has 0 saturated carbocycles. The smallest absolute Gasteiger partial charge is 0.267 e. The van der Waals surface area contributed by atoms with Crippen LogP contribution < -0.4 is 10.6 Å². The van der Waals surface area contributed by atoms with E-state index in [2.05, 4.69) is 15.6 Å². The standard InChI is InChI=1S/C16H18ClN3O2S/c1-8(2)14(21)20-16-18-10(4)13(23-16)15(22)19-12-9(3)6-5-7-11(12)17/h5-8H,1-4H3,(H,19,22)(H,18,20,21). The number of aromatic nitrogens is 1. The van der Waals surface area contributed by atoms with Crippen LogP contribution in [0.25, 0.3) is 0 Å². The van der Waals surface area contributed by atoms with Crippen LogP contribution in [0.4, 0.5) is 10.8 Å². The normalized spacial score (nSPS) is 10.7. The van der Waals surface area contributed by atoms with Gasteiger partial charge in [-0.15, -0.1) is 0 Å². The van der Waals surface area contributed by atoms with E-state index in [1.807, 2.05) is 19.1 Å². The van der Waals surface area contributed by atoms with Gasteiger partial charge in [-0.1, -0.05) is 48.9 Å². The second-order valence-electron chi connectivity index (χ2n) is 5.46. The lowest BCUT2D eigenvalue weighted by atomic mass is 10.2.